The molecule has 1 aliphatic carbocycles. The molecule has 1 aliphatic rings. The van der Waals surface area contributed by atoms with Crippen LogP contribution in [0.25, 0.3) is 0 Å². The van der Waals surface area contributed by atoms with E-state index in [4.69, 9.17) is 10.5 Å². The Balaban J connectivity index is 1.91. The number of methoxy groups -OCH3 is 1. The molecular weight excluding hydrogens is 253 g/mol. The fourth-order valence-corrected chi connectivity index (χ4v) is 3.08. The maximum absolute atomic E-state index is 13.3. The third kappa shape index (κ3) is 2.29. The van der Waals surface area contributed by atoms with Crippen LogP contribution in [0, 0.1) is 5.82 Å². The van der Waals surface area contributed by atoms with Crippen molar-refractivity contribution >= 4 is 0 Å². The van der Waals surface area contributed by atoms with Crippen molar-refractivity contribution < 1.29 is 9.13 Å². The lowest BCUT2D eigenvalue weighted by molar-refractivity contribution is 0.410. The summed E-state index contributed by atoms with van der Waals surface area (Å²) in [6.07, 6.45) is 2.43. The van der Waals surface area contributed by atoms with Crippen LogP contribution in [-0.4, -0.2) is 7.11 Å². The van der Waals surface area contributed by atoms with Crippen molar-refractivity contribution in [2.45, 2.75) is 24.8 Å². The third-order valence-electron chi connectivity index (χ3n) is 4.10. The second kappa shape index (κ2) is 4.91. The fraction of sp³-hybridized carbons (Fsp3) is 0.294. The first-order valence-corrected chi connectivity index (χ1v) is 6.81. The molecule has 20 heavy (non-hydrogen) atoms. The standard InChI is InChI=1S/C17H18FNO/c1-20-15-4-2-3-12(9-15)11-17(19)8-7-13-10-14(18)5-6-16(13)17/h2-6,9-10H,7-8,11,19H2,1H3. The lowest BCUT2D eigenvalue weighted by Gasteiger charge is -2.26. The molecule has 0 aliphatic heterocycles. The number of aryl methyl sites for hydroxylation is 1. The van der Waals surface area contributed by atoms with E-state index in [1.165, 1.54) is 6.07 Å². The summed E-state index contributed by atoms with van der Waals surface area (Å²) in [5.41, 5.74) is 9.42. The Hall–Kier alpha value is -1.87. The van der Waals surface area contributed by atoms with Crippen LogP contribution in [0.5, 0.6) is 5.75 Å². The number of halogens is 1. The largest absolute Gasteiger partial charge is 0.497 e. The summed E-state index contributed by atoms with van der Waals surface area (Å²) in [4.78, 5) is 0. The van der Waals surface area contributed by atoms with Gasteiger partial charge in [-0.3, -0.25) is 0 Å². The molecule has 3 rings (SSSR count). The topological polar surface area (TPSA) is 35.2 Å². The van der Waals surface area contributed by atoms with Gasteiger partial charge in [-0.25, -0.2) is 4.39 Å². The highest BCUT2D eigenvalue weighted by Crippen LogP contribution is 2.38. The van der Waals surface area contributed by atoms with Gasteiger partial charge >= 0.3 is 0 Å². The van der Waals surface area contributed by atoms with Crippen molar-refractivity contribution in [2.24, 2.45) is 5.73 Å². The van der Waals surface area contributed by atoms with Crippen molar-refractivity contribution in [1.29, 1.82) is 0 Å². The van der Waals surface area contributed by atoms with Gasteiger partial charge in [-0.05, 0) is 60.2 Å². The minimum absolute atomic E-state index is 0.186. The monoisotopic (exact) mass is 271 g/mol. The third-order valence-corrected chi connectivity index (χ3v) is 4.10. The zero-order valence-electron chi connectivity index (χ0n) is 11.5. The van der Waals surface area contributed by atoms with Gasteiger partial charge in [0.1, 0.15) is 11.6 Å². The lowest BCUT2D eigenvalue weighted by atomic mass is 9.86. The highest BCUT2D eigenvalue weighted by Gasteiger charge is 2.35. The van der Waals surface area contributed by atoms with Crippen LogP contribution >= 0.6 is 0 Å². The van der Waals surface area contributed by atoms with E-state index in [9.17, 15) is 4.39 Å². The van der Waals surface area contributed by atoms with Gasteiger partial charge in [-0.15, -0.1) is 0 Å². The first-order valence-electron chi connectivity index (χ1n) is 6.81. The summed E-state index contributed by atoms with van der Waals surface area (Å²) in [5, 5.41) is 0. The number of rotatable bonds is 3. The molecule has 2 aromatic carbocycles. The van der Waals surface area contributed by atoms with Crippen LogP contribution in [0.15, 0.2) is 42.5 Å². The van der Waals surface area contributed by atoms with Crippen molar-refractivity contribution in [2.75, 3.05) is 7.11 Å². The van der Waals surface area contributed by atoms with E-state index in [1.807, 2.05) is 24.3 Å². The maximum atomic E-state index is 13.3. The Morgan fingerprint density at radius 1 is 1.25 bits per heavy atom. The van der Waals surface area contributed by atoms with Crippen LogP contribution in [0.4, 0.5) is 4.39 Å². The molecule has 0 heterocycles. The Morgan fingerprint density at radius 2 is 2.10 bits per heavy atom. The number of fused-ring (bicyclic) bond motifs is 1. The SMILES string of the molecule is COc1cccc(CC2(N)CCc3cc(F)ccc32)c1. The second-order valence-corrected chi connectivity index (χ2v) is 5.49. The van der Waals surface area contributed by atoms with E-state index in [-0.39, 0.29) is 5.82 Å². The van der Waals surface area contributed by atoms with Gasteiger partial charge in [-0.1, -0.05) is 18.2 Å². The minimum atomic E-state index is -0.407. The minimum Gasteiger partial charge on any atom is -0.497 e. The van der Waals surface area contributed by atoms with E-state index >= 15 is 0 Å². The molecule has 3 heteroatoms. The molecule has 0 spiro atoms. The number of hydrogen-bond donors (Lipinski definition) is 1. The van der Waals surface area contributed by atoms with Gasteiger partial charge in [0.2, 0.25) is 0 Å². The number of benzene rings is 2. The van der Waals surface area contributed by atoms with Crippen molar-refractivity contribution in [3.05, 3.63) is 65.0 Å². The molecule has 2 aromatic rings. The zero-order chi connectivity index (χ0) is 14.2. The summed E-state index contributed by atoms with van der Waals surface area (Å²) in [5.74, 6) is 0.651. The van der Waals surface area contributed by atoms with E-state index in [0.717, 1.165) is 41.7 Å². The number of hydrogen-bond acceptors (Lipinski definition) is 2. The normalized spacial score (nSPS) is 20.8. The zero-order valence-corrected chi connectivity index (χ0v) is 11.5. The summed E-state index contributed by atoms with van der Waals surface area (Å²) in [6.45, 7) is 0. The summed E-state index contributed by atoms with van der Waals surface area (Å²) in [6, 6.07) is 12.9. The summed E-state index contributed by atoms with van der Waals surface area (Å²) >= 11 is 0. The number of nitrogens with two attached hydrogens (primary N) is 1. The molecular formula is C17H18FNO. The Labute approximate surface area is 118 Å². The van der Waals surface area contributed by atoms with E-state index in [0.29, 0.717) is 0 Å². The summed E-state index contributed by atoms with van der Waals surface area (Å²) in [7, 11) is 1.66. The van der Waals surface area contributed by atoms with Crippen LogP contribution in [-0.2, 0) is 18.4 Å². The van der Waals surface area contributed by atoms with Gasteiger partial charge in [0.15, 0.2) is 0 Å². The first-order chi connectivity index (χ1) is 9.60. The van der Waals surface area contributed by atoms with Crippen molar-refractivity contribution in [1.82, 2.24) is 0 Å². The highest BCUT2D eigenvalue weighted by atomic mass is 19.1. The van der Waals surface area contributed by atoms with Crippen LogP contribution in [0.3, 0.4) is 0 Å². The molecule has 0 saturated carbocycles. The van der Waals surface area contributed by atoms with E-state index in [1.54, 1.807) is 13.2 Å². The van der Waals surface area contributed by atoms with Crippen molar-refractivity contribution in [3.8, 4) is 5.75 Å². The molecule has 2 N–H and O–H groups in total. The summed E-state index contributed by atoms with van der Waals surface area (Å²) < 4.78 is 18.5. The van der Waals surface area contributed by atoms with Crippen LogP contribution in [0.1, 0.15) is 23.1 Å². The lowest BCUT2D eigenvalue weighted by Crippen LogP contribution is -2.36. The maximum Gasteiger partial charge on any atom is 0.123 e. The van der Waals surface area contributed by atoms with Crippen LogP contribution < -0.4 is 10.5 Å². The predicted molar refractivity (Wildman–Crippen MR) is 77.3 cm³/mol. The Morgan fingerprint density at radius 3 is 2.90 bits per heavy atom. The molecule has 2 nitrogen and oxygen atoms in total. The van der Waals surface area contributed by atoms with Gasteiger partial charge < -0.3 is 10.5 Å². The average Bonchev–Trinajstić information content (AvgIpc) is 2.75. The van der Waals surface area contributed by atoms with Crippen LogP contribution in [0.2, 0.25) is 0 Å². The molecule has 0 saturated heterocycles. The molecule has 0 amide bonds. The second-order valence-electron chi connectivity index (χ2n) is 5.49. The van der Waals surface area contributed by atoms with Gasteiger partial charge in [0, 0.05) is 5.54 Å². The van der Waals surface area contributed by atoms with Gasteiger partial charge in [-0.2, -0.15) is 0 Å². The molecule has 1 atom stereocenters. The molecule has 0 fully saturated rings. The Kier molecular flexibility index (Phi) is 3.22. The molecule has 0 aromatic heterocycles. The van der Waals surface area contributed by atoms with Gasteiger partial charge in [0.05, 0.1) is 7.11 Å². The van der Waals surface area contributed by atoms with E-state index in [2.05, 4.69) is 6.07 Å². The molecule has 0 radical (unpaired) electrons. The number of ether oxygens (including phenoxy) is 1. The Bertz CT molecular complexity index is 641. The average molecular weight is 271 g/mol. The quantitative estimate of drug-likeness (QED) is 0.930. The molecule has 104 valence electrons. The smallest absolute Gasteiger partial charge is 0.123 e. The van der Waals surface area contributed by atoms with Gasteiger partial charge in [0.25, 0.3) is 0 Å². The highest BCUT2D eigenvalue weighted by molar-refractivity contribution is 5.41. The predicted octanol–water partition coefficient (Wildman–Crippen LogP) is 3.18. The molecule has 1 unspecified atom stereocenters. The fourth-order valence-electron chi connectivity index (χ4n) is 3.08. The van der Waals surface area contributed by atoms with Crippen molar-refractivity contribution in [3.63, 3.8) is 0 Å². The molecule has 0 bridgehead atoms. The van der Waals surface area contributed by atoms with E-state index < -0.39 is 5.54 Å². The first kappa shape index (κ1) is 13.1.